The molecule has 27 heavy (non-hydrogen) atoms. The van der Waals surface area contributed by atoms with Gasteiger partial charge in [0.1, 0.15) is 5.75 Å². The highest BCUT2D eigenvalue weighted by Gasteiger charge is 2.23. The number of nitrogens with zero attached hydrogens (tertiary/aromatic N) is 3. The summed E-state index contributed by atoms with van der Waals surface area (Å²) in [6.07, 6.45) is 5.38. The number of rotatable bonds is 8. The molecular formula is C19H21N3O5. The third-order valence-electron chi connectivity index (χ3n) is 4.31. The molecule has 1 saturated heterocycles. The van der Waals surface area contributed by atoms with Gasteiger partial charge in [-0.25, -0.2) is 0 Å². The van der Waals surface area contributed by atoms with E-state index in [4.69, 9.17) is 9.47 Å². The van der Waals surface area contributed by atoms with Crippen LogP contribution in [0.25, 0.3) is 0 Å². The molecule has 142 valence electrons. The molecule has 1 fully saturated rings. The van der Waals surface area contributed by atoms with Crippen LogP contribution in [0.2, 0.25) is 0 Å². The third-order valence-corrected chi connectivity index (χ3v) is 4.31. The second-order valence-corrected chi connectivity index (χ2v) is 6.31. The molecule has 1 aromatic carbocycles. The van der Waals surface area contributed by atoms with Gasteiger partial charge in [-0.15, -0.1) is 0 Å². The topological polar surface area (TPSA) is 94.8 Å². The molecule has 0 bridgehead atoms. The lowest BCUT2D eigenvalue weighted by Gasteiger charge is -2.25. The number of hydrogen-bond donors (Lipinski definition) is 0. The molecule has 2 heterocycles. The number of amides is 1. The molecule has 8 heteroatoms. The molecule has 1 unspecified atom stereocenters. The minimum absolute atomic E-state index is 0.0229. The fourth-order valence-corrected chi connectivity index (χ4v) is 2.90. The van der Waals surface area contributed by atoms with E-state index in [-0.39, 0.29) is 24.3 Å². The van der Waals surface area contributed by atoms with Crippen LogP contribution in [-0.4, -0.2) is 46.6 Å². The Labute approximate surface area is 156 Å². The zero-order valence-corrected chi connectivity index (χ0v) is 14.8. The van der Waals surface area contributed by atoms with Crippen molar-refractivity contribution in [2.24, 2.45) is 0 Å². The average molecular weight is 371 g/mol. The number of carbonyl (C=O) groups is 1. The van der Waals surface area contributed by atoms with Crippen molar-refractivity contribution in [3.63, 3.8) is 0 Å². The molecule has 1 aliphatic rings. The second kappa shape index (κ2) is 9.09. The lowest BCUT2D eigenvalue weighted by molar-refractivity contribution is -0.384. The SMILES string of the molecule is O=C(COc1ccc([N+](=O)[O-])cc1)N(Cc1cccnc1)CC1CCCO1. The van der Waals surface area contributed by atoms with Gasteiger partial charge in [0, 0.05) is 44.2 Å². The van der Waals surface area contributed by atoms with Crippen LogP contribution in [-0.2, 0) is 16.1 Å². The fraction of sp³-hybridized carbons (Fsp3) is 0.368. The lowest BCUT2D eigenvalue weighted by atomic mass is 10.2. The average Bonchev–Trinajstić information content (AvgIpc) is 3.20. The summed E-state index contributed by atoms with van der Waals surface area (Å²) in [6, 6.07) is 9.41. The Balaban J connectivity index is 1.61. The normalized spacial score (nSPS) is 16.1. The van der Waals surface area contributed by atoms with E-state index in [2.05, 4.69) is 4.98 Å². The van der Waals surface area contributed by atoms with Crippen LogP contribution < -0.4 is 4.74 Å². The zero-order chi connectivity index (χ0) is 19.1. The first-order valence-corrected chi connectivity index (χ1v) is 8.77. The fourth-order valence-electron chi connectivity index (χ4n) is 2.90. The summed E-state index contributed by atoms with van der Waals surface area (Å²) >= 11 is 0. The summed E-state index contributed by atoms with van der Waals surface area (Å²) in [6.45, 7) is 1.50. The summed E-state index contributed by atoms with van der Waals surface area (Å²) in [5, 5.41) is 10.7. The van der Waals surface area contributed by atoms with Gasteiger partial charge in [0.05, 0.1) is 11.0 Å². The Morgan fingerprint density at radius 2 is 2.15 bits per heavy atom. The van der Waals surface area contributed by atoms with E-state index in [1.54, 1.807) is 17.3 Å². The zero-order valence-electron chi connectivity index (χ0n) is 14.8. The number of pyridine rings is 1. The molecule has 0 aliphatic carbocycles. The van der Waals surface area contributed by atoms with Crippen molar-refractivity contribution in [3.8, 4) is 5.75 Å². The van der Waals surface area contributed by atoms with E-state index in [0.717, 1.165) is 25.0 Å². The molecule has 0 saturated carbocycles. The summed E-state index contributed by atoms with van der Waals surface area (Å²) in [5.41, 5.74) is 0.907. The highest BCUT2D eigenvalue weighted by molar-refractivity contribution is 5.77. The van der Waals surface area contributed by atoms with Crippen molar-refractivity contribution in [1.82, 2.24) is 9.88 Å². The van der Waals surface area contributed by atoms with Gasteiger partial charge in [-0.05, 0) is 36.6 Å². The van der Waals surface area contributed by atoms with Crippen LogP contribution >= 0.6 is 0 Å². The van der Waals surface area contributed by atoms with Crippen LogP contribution in [0.3, 0.4) is 0 Å². The van der Waals surface area contributed by atoms with Crippen molar-refractivity contribution in [1.29, 1.82) is 0 Å². The molecule has 3 rings (SSSR count). The van der Waals surface area contributed by atoms with E-state index in [1.807, 2.05) is 12.1 Å². The molecule has 0 radical (unpaired) electrons. The van der Waals surface area contributed by atoms with E-state index < -0.39 is 4.92 Å². The van der Waals surface area contributed by atoms with Gasteiger partial charge in [0.2, 0.25) is 0 Å². The van der Waals surface area contributed by atoms with Crippen molar-refractivity contribution in [3.05, 3.63) is 64.5 Å². The minimum Gasteiger partial charge on any atom is -0.484 e. The van der Waals surface area contributed by atoms with Gasteiger partial charge in [-0.3, -0.25) is 19.9 Å². The molecule has 0 N–H and O–H groups in total. The van der Waals surface area contributed by atoms with Crippen LogP contribution in [0.5, 0.6) is 5.75 Å². The lowest BCUT2D eigenvalue weighted by Crippen LogP contribution is -2.39. The Morgan fingerprint density at radius 3 is 2.78 bits per heavy atom. The van der Waals surface area contributed by atoms with Crippen molar-refractivity contribution >= 4 is 11.6 Å². The van der Waals surface area contributed by atoms with Gasteiger partial charge >= 0.3 is 0 Å². The molecule has 1 aromatic heterocycles. The monoisotopic (exact) mass is 371 g/mol. The van der Waals surface area contributed by atoms with E-state index >= 15 is 0 Å². The Kier molecular flexibility index (Phi) is 6.32. The van der Waals surface area contributed by atoms with Crippen LogP contribution in [0, 0.1) is 10.1 Å². The molecule has 0 spiro atoms. The van der Waals surface area contributed by atoms with Crippen molar-refractivity contribution in [2.75, 3.05) is 19.8 Å². The van der Waals surface area contributed by atoms with Gasteiger partial charge < -0.3 is 14.4 Å². The summed E-state index contributed by atoms with van der Waals surface area (Å²) in [4.78, 5) is 28.7. The van der Waals surface area contributed by atoms with Gasteiger partial charge in [0.25, 0.3) is 11.6 Å². The smallest absolute Gasteiger partial charge is 0.269 e. The first-order valence-electron chi connectivity index (χ1n) is 8.77. The maximum Gasteiger partial charge on any atom is 0.269 e. The number of carbonyl (C=O) groups excluding carboxylic acids is 1. The number of nitro groups is 1. The molecule has 8 nitrogen and oxygen atoms in total. The van der Waals surface area contributed by atoms with Gasteiger partial charge in [0.15, 0.2) is 6.61 Å². The van der Waals surface area contributed by atoms with Crippen LogP contribution in [0.1, 0.15) is 18.4 Å². The van der Waals surface area contributed by atoms with Crippen LogP contribution in [0.4, 0.5) is 5.69 Å². The van der Waals surface area contributed by atoms with E-state index in [9.17, 15) is 14.9 Å². The maximum atomic E-state index is 12.7. The molecular weight excluding hydrogens is 350 g/mol. The first-order chi connectivity index (χ1) is 13.1. The molecule has 1 amide bonds. The number of non-ortho nitro benzene ring substituents is 1. The van der Waals surface area contributed by atoms with Gasteiger partial charge in [-0.1, -0.05) is 6.07 Å². The van der Waals surface area contributed by atoms with Crippen molar-refractivity contribution in [2.45, 2.75) is 25.5 Å². The van der Waals surface area contributed by atoms with Crippen LogP contribution in [0.15, 0.2) is 48.8 Å². The third kappa shape index (κ3) is 5.49. The minimum atomic E-state index is -0.480. The number of ether oxygens (including phenoxy) is 2. The largest absolute Gasteiger partial charge is 0.484 e. The van der Waals surface area contributed by atoms with Gasteiger partial charge in [-0.2, -0.15) is 0 Å². The first kappa shape index (κ1) is 18.8. The highest BCUT2D eigenvalue weighted by atomic mass is 16.6. The maximum absolute atomic E-state index is 12.7. The second-order valence-electron chi connectivity index (χ2n) is 6.31. The number of aromatic nitrogens is 1. The Bertz CT molecular complexity index is 761. The van der Waals surface area contributed by atoms with Crippen molar-refractivity contribution < 1.29 is 19.2 Å². The summed E-state index contributed by atoms with van der Waals surface area (Å²) in [7, 11) is 0. The standard InChI is InChI=1S/C19H21N3O5/c23-19(14-27-17-7-5-16(6-8-17)22(24)25)21(13-18-4-2-10-26-18)12-15-3-1-9-20-11-15/h1,3,5-9,11,18H,2,4,10,12-14H2. The summed E-state index contributed by atoms with van der Waals surface area (Å²) in [5.74, 6) is 0.236. The predicted molar refractivity (Wildman–Crippen MR) is 97.2 cm³/mol. The Morgan fingerprint density at radius 1 is 1.33 bits per heavy atom. The predicted octanol–water partition coefficient (Wildman–Crippen LogP) is 2.58. The summed E-state index contributed by atoms with van der Waals surface area (Å²) < 4.78 is 11.2. The van der Waals surface area contributed by atoms with E-state index in [0.29, 0.717) is 18.8 Å². The molecule has 1 aliphatic heterocycles. The number of benzene rings is 1. The molecule has 2 aromatic rings. The number of nitro benzene ring substituents is 1. The molecule has 1 atom stereocenters. The van der Waals surface area contributed by atoms with E-state index in [1.165, 1.54) is 24.3 Å². The highest BCUT2D eigenvalue weighted by Crippen LogP contribution is 2.18. The quantitative estimate of drug-likeness (QED) is 0.523. The Hall–Kier alpha value is -3.00. The number of hydrogen-bond acceptors (Lipinski definition) is 6.